The van der Waals surface area contributed by atoms with Gasteiger partial charge in [-0.2, -0.15) is 5.10 Å². The number of carbonyl (C=O) groups excluding carboxylic acids is 1. The summed E-state index contributed by atoms with van der Waals surface area (Å²) in [6.45, 7) is 3.33. The molecule has 0 radical (unpaired) electrons. The smallest absolute Gasteiger partial charge is 0.343 e. The Hall–Kier alpha value is -2.12. The number of nitrogens with zero attached hydrogens (tertiary/aromatic N) is 2. The second-order valence-electron chi connectivity index (χ2n) is 4.06. The number of carboxylic acid groups (broad SMARTS) is 1. The van der Waals surface area contributed by atoms with Crippen molar-refractivity contribution < 1.29 is 14.7 Å². The number of aliphatic carboxylic acids is 1. The van der Waals surface area contributed by atoms with Gasteiger partial charge in [0.2, 0.25) is 5.91 Å². The molecule has 0 aliphatic rings. The van der Waals surface area contributed by atoms with Crippen molar-refractivity contribution in [3.63, 3.8) is 0 Å². The monoisotopic (exact) mass is 256 g/mol. The van der Waals surface area contributed by atoms with Crippen LogP contribution in [-0.2, 0) is 16.1 Å². The van der Waals surface area contributed by atoms with Gasteiger partial charge in [-0.15, -0.1) is 0 Å². The molecule has 0 bridgehead atoms. The van der Waals surface area contributed by atoms with Crippen LogP contribution in [0.15, 0.2) is 11.1 Å². The van der Waals surface area contributed by atoms with Crippen LogP contribution in [0.5, 0.6) is 0 Å². The van der Waals surface area contributed by atoms with Crippen LogP contribution in [0.1, 0.15) is 20.3 Å². The van der Waals surface area contributed by atoms with Crippen molar-refractivity contribution in [3.05, 3.63) is 16.8 Å². The van der Waals surface area contributed by atoms with E-state index >= 15 is 0 Å². The van der Waals surface area contributed by atoms with Crippen LogP contribution >= 0.6 is 0 Å². The summed E-state index contributed by atoms with van der Waals surface area (Å²) in [5.41, 5.74) is -0.513. The molecule has 0 saturated heterocycles. The fourth-order valence-corrected chi connectivity index (χ4v) is 1.44. The topological polar surface area (TPSA) is 117 Å². The second kappa shape index (κ2) is 5.99. The minimum absolute atomic E-state index is 0.187. The van der Waals surface area contributed by atoms with Gasteiger partial charge in [0.05, 0.1) is 0 Å². The molecule has 1 aromatic rings. The predicted molar refractivity (Wildman–Crippen MR) is 61.9 cm³/mol. The quantitative estimate of drug-likeness (QED) is 0.615. The first-order valence-electron chi connectivity index (χ1n) is 5.57. The number of H-pyrrole nitrogens is 1. The summed E-state index contributed by atoms with van der Waals surface area (Å²) in [6.07, 6.45) is 1.81. The van der Waals surface area contributed by atoms with E-state index in [0.717, 1.165) is 4.57 Å². The highest BCUT2D eigenvalue weighted by molar-refractivity contribution is 5.83. The highest BCUT2D eigenvalue weighted by atomic mass is 16.4. The third-order valence-corrected chi connectivity index (χ3v) is 2.73. The van der Waals surface area contributed by atoms with Crippen LogP contribution in [-0.4, -0.2) is 37.8 Å². The molecule has 3 N–H and O–H groups in total. The highest BCUT2D eigenvalue weighted by Gasteiger charge is 2.25. The molecule has 0 aromatic carbocycles. The van der Waals surface area contributed by atoms with Crippen LogP contribution in [0.3, 0.4) is 0 Å². The van der Waals surface area contributed by atoms with Gasteiger partial charge in [0.25, 0.3) is 0 Å². The number of aromatic amines is 1. The molecular formula is C10H16N4O4. The van der Waals surface area contributed by atoms with Crippen LogP contribution in [0, 0.1) is 5.92 Å². The van der Waals surface area contributed by atoms with E-state index in [9.17, 15) is 14.4 Å². The summed E-state index contributed by atoms with van der Waals surface area (Å²) in [5, 5.41) is 17.0. The van der Waals surface area contributed by atoms with Crippen LogP contribution < -0.4 is 11.0 Å². The molecule has 2 atom stereocenters. The lowest BCUT2D eigenvalue weighted by atomic mass is 9.99. The normalized spacial score (nSPS) is 13.9. The summed E-state index contributed by atoms with van der Waals surface area (Å²) >= 11 is 0. The fourth-order valence-electron chi connectivity index (χ4n) is 1.44. The largest absolute Gasteiger partial charge is 0.480 e. The van der Waals surface area contributed by atoms with Gasteiger partial charge in [0, 0.05) is 0 Å². The number of hydrogen-bond acceptors (Lipinski definition) is 4. The summed E-state index contributed by atoms with van der Waals surface area (Å²) in [5.74, 6) is -1.81. The molecule has 1 rings (SSSR count). The van der Waals surface area contributed by atoms with Crippen molar-refractivity contribution in [2.75, 3.05) is 0 Å². The van der Waals surface area contributed by atoms with Gasteiger partial charge >= 0.3 is 11.7 Å². The first kappa shape index (κ1) is 13.9. The van der Waals surface area contributed by atoms with Gasteiger partial charge in [0.1, 0.15) is 18.9 Å². The average Bonchev–Trinajstić information content (AvgIpc) is 2.70. The van der Waals surface area contributed by atoms with E-state index in [1.165, 1.54) is 6.33 Å². The van der Waals surface area contributed by atoms with Gasteiger partial charge < -0.3 is 10.4 Å². The number of carbonyl (C=O) groups is 2. The molecule has 1 heterocycles. The Bertz CT molecular complexity index is 478. The first-order chi connectivity index (χ1) is 8.45. The molecule has 100 valence electrons. The Labute approximate surface area is 103 Å². The van der Waals surface area contributed by atoms with Crippen molar-refractivity contribution in [2.24, 2.45) is 5.92 Å². The van der Waals surface area contributed by atoms with E-state index in [0.29, 0.717) is 6.42 Å². The van der Waals surface area contributed by atoms with Gasteiger partial charge in [0.15, 0.2) is 0 Å². The number of amides is 1. The molecule has 1 aromatic heterocycles. The van der Waals surface area contributed by atoms with Gasteiger partial charge in [-0.1, -0.05) is 20.3 Å². The molecule has 0 saturated carbocycles. The van der Waals surface area contributed by atoms with E-state index < -0.39 is 23.6 Å². The molecular weight excluding hydrogens is 240 g/mol. The fraction of sp³-hybridized carbons (Fsp3) is 0.600. The molecule has 8 heteroatoms. The third kappa shape index (κ3) is 3.44. The lowest BCUT2D eigenvalue weighted by Crippen LogP contribution is -2.46. The third-order valence-electron chi connectivity index (χ3n) is 2.73. The number of carboxylic acids is 1. The number of rotatable bonds is 6. The van der Waals surface area contributed by atoms with Crippen molar-refractivity contribution >= 4 is 11.9 Å². The molecule has 0 unspecified atom stereocenters. The number of hydrogen-bond donors (Lipinski definition) is 3. The Kier molecular flexibility index (Phi) is 4.64. The summed E-state index contributed by atoms with van der Waals surface area (Å²) in [6, 6.07) is -0.954. The van der Waals surface area contributed by atoms with E-state index in [4.69, 9.17) is 5.11 Å². The minimum atomic E-state index is -1.09. The van der Waals surface area contributed by atoms with E-state index in [1.54, 1.807) is 6.92 Å². The number of nitrogens with one attached hydrogen (secondary N) is 2. The molecule has 0 spiro atoms. The van der Waals surface area contributed by atoms with Gasteiger partial charge in [-0.05, 0) is 5.92 Å². The predicted octanol–water partition coefficient (Wildman–Crippen LogP) is -0.813. The molecule has 1 amide bonds. The lowest BCUT2D eigenvalue weighted by Gasteiger charge is -2.19. The molecule has 18 heavy (non-hydrogen) atoms. The average molecular weight is 256 g/mol. The minimum Gasteiger partial charge on any atom is -0.480 e. The Morgan fingerprint density at radius 2 is 2.28 bits per heavy atom. The van der Waals surface area contributed by atoms with Crippen molar-refractivity contribution in [1.82, 2.24) is 20.1 Å². The SMILES string of the molecule is CC[C@H](C)[C@H](NC(=O)Cn1cn[nH]c1=O)C(=O)O. The Morgan fingerprint density at radius 1 is 1.61 bits per heavy atom. The molecule has 0 aliphatic heterocycles. The maximum Gasteiger partial charge on any atom is 0.343 e. The zero-order valence-electron chi connectivity index (χ0n) is 10.2. The van der Waals surface area contributed by atoms with E-state index in [1.807, 2.05) is 6.92 Å². The molecule has 8 nitrogen and oxygen atoms in total. The zero-order valence-corrected chi connectivity index (χ0v) is 10.2. The van der Waals surface area contributed by atoms with Crippen LogP contribution in [0.2, 0.25) is 0 Å². The molecule has 0 aliphatic carbocycles. The Morgan fingerprint density at radius 3 is 2.72 bits per heavy atom. The van der Waals surface area contributed by atoms with Crippen LogP contribution in [0.4, 0.5) is 0 Å². The summed E-state index contributed by atoms with van der Waals surface area (Å²) < 4.78 is 1.06. The van der Waals surface area contributed by atoms with Gasteiger partial charge in [-0.25, -0.2) is 14.7 Å². The molecule has 0 fully saturated rings. The summed E-state index contributed by atoms with van der Waals surface area (Å²) in [4.78, 5) is 33.7. The first-order valence-corrected chi connectivity index (χ1v) is 5.57. The maximum absolute atomic E-state index is 11.6. The van der Waals surface area contributed by atoms with Crippen molar-refractivity contribution in [2.45, 2.75) is 32.9 Å². The number of aromatic nitrogens is 3. The highest BCUT2D eigenvalue weighted by Crippen LogP contribution is 2.07. The Balaban J connectivity index is 2.65. The second-order valence-corrected chi connectivity index (χ2v) is 4.06. The zero-order chi connectivity index (χ0) is 13.7. The van der Waals surface area contributed by atoms with Crippen molar-refractivity contribution in [1.29, 1.82) is 0 Å². The van der Waals surface area contributed by atoms with Gasteiger partial charge in [-0.3, -0.25) is 9.36 Å². The van der Waals surface area contributed by atoms with Crippen molar-refractivity contribution in [3.8, 4) is 0 Å². The van der Waals surface area contributed by atoms with Crippen LogP contribution in [0.25, 0.3) is 0 Å². The van der Waals surface area contributed by atoms with E-state index in [2.05, 4.69) is 15.5 Å². The lowest BCUT2D eigenvalue weighted by molar-refractivity contribution is -0.143. The van der Waals surface area contributed by atoms with E-state index in [-0.39, 0.29) is 12.5 Å². The summed E-state index contributed by atoms with van der Waals surface area (Å²) in [7, 11) is 0. The maximum atomic E-state index is 11.6. The standard InChI is InChI=1S/C10H16N4O4/c1-3-6(2)8(9(16)17)12-7(15)4-14-5-11-13-10(14)18/h5-6,8H,3-4H2,1-2H3,(H,12,15)(H,13,18)(H,16,17)/t6-,8-/m0/s1.